The Morgan fingerprint density at radius 3 is 3.05 bits per heavy atom. The van der Waals surface area contributed by atoms with Crippen LogP contribution >= 0.6 is 0 Å². The van der Waals surface area contributed by atoms with E-state index in [-0.39, 0.29) is 12.0 Å². The van der Waals surface area contributed by atoms with Gasteiger partial charge in [0.1, 0.15) is 6.10 Å². The van der Waals surface area contributed by atoms with Crippen LogP contribution in [0.2, 0.25) is 0 Å². The minimum absolute atomic E-state index is 0.0567. The monoisotopic (exact) mass is 263 g/mol. The fraction of sp³-hybridized carbons (Fsp3) is 0.667. The lowest BCUT2D eigenvalue weighted by atomic mass is 10.1. The molecule has 1 saturated carbocycles. The SMILES string of the molecule is C/C(=C\C(=O)N1CCOC(c2nn[nH]n2)C1)C1CC1. The van der Waals surface area contributed by atoms with Gasteiger partial charge in [0.2, 0.25) is 11.7 Å². The smallest absolute Gasteiger partial charge is 0.246 e. The first kappa shape index (κ1) is 12.3. The summed E-state index contributed by atoms with van der Waals surface area (Å²) in [5.41, 5.74) is 1.19. The molecule has 1 saturated heterocycles. The van der Waals surface area contributed by atoms with Gasteiger partial charge < -0.3 is 9.64 Å². The van der Waals surface area contributed by atoms with E-state index < -0.39 is 0 Å². The number of tetrazole rings is 1. The van der Waals surface area contributed by atoms with Crippen molar-refractivity contribution < 1.29 is 9.53 Å². The van der Waals surface area contributed by atoms with E-state index in [0.29, 0.717) is 31.4 Å². The molecule has 19 heavy (non-hydrogen) atoms. The Labute approximate surface area is 111 Å². The van der Waals surface area contributed by atoms with E-state index in [1.54, 1.807) is 11.0 Å². The Morgan fingerprint density at radius 1 is 1.53 bits per heavy atom. The molecule has 1 aliphatic carbocycles. The summed E-state index contributed by atoms with van der Waals surface area (Å²) in [6.07, 6.45) is 3.90. The van der Waals surface area contributed by atoms with Crippen LogP contribution in [-0.2, 0) is 9.53 Å². The predicted octanol–water partition coefficient (Wildman–Crippen LogP) is 0.456. The van der Waals surface area contributed by atoms with Crippen LogP contribution in [0.1, 0.15) is 31.7 Å². The lowest BCUT2D eigenvalue weighted by Crippen LogP contribution is -2.42. The number of carbonyl (C=O) groups is 1. The van der Waals surface area contributed by atoms with Crippen molar-refractivity contribution in [2.45, 2.75) is 25.9 Å². The van der Waals surface area contributed by atoms with Crippen molar-refractivity contribution in [1.29, 1.82) is 0 Å². The number of amides is 1. The zero-order valence-electron chi connectivity index (χ0n) is 10.9. The van der Waals surface area contributed by atoms with Crippen molar-refractivity contribution in [2.24, 2.45) is 5.92 Å². The topological polar surface area (TPSA) is 84.0 Å². The van der Waals surface area contributed by atoms with Crippen LogP contribution in [0.3, 0.4) is 0 Å². The van der Waals surface area contributed by atoms with Crippen LogP contribution in [0.25, 0.3) is 0 Å². The summed E-state index contributed by atoms with van der Waals surface area (Å²) in [4.78, 5) is 14.0. The molecule has 1 amide bonds. The molecule has 7 heteroatoms. The van der Waals surface area contributed by atoms with Gasteiger partial charge in [-0.1, -0.05) is 10.8 Å². The second-order valence-corrected chi connectivity index (χ2v) is 5.08. The lowest BCUT2D eigenvalue weighted by Gasteiger charge is -2.30. The van der Waals surface area contributed by atoms with Crippen molar-refractivity contribution in [2.75, 3.05) is 19.7 Å². The van der Waals surface area contributed by atoms with Gasteiger partial charge in [-0.25, -0.2) is 0 Å². The molecule has 0 aromatic carbocycles. The van der Waals surface area contributed by atoms with Gasteiger partial charge in [0.05, 0.1) is 13.2 Å². The number of carbonyl (C=O) groups excluding carboxylic acids is 1. The number of aromatic nitrogens is 4. The molecule has 1 N–H and O–H groups in total. The third-order valence-corrected chi connectivity index (χ3v) is 3.60. The second-order valence-electron chi connectivity index (χ2n) is 5.08. The van der Waals surface area contributed by atoms with Gasteiger partial charge in [-0.2, -0.15) is 5.21 Å². The number of morpholine rings is 1. The summed E-state index contributed by atoms with van der Waals surface area (Å²) < 4.78 is 5.57. The molecule has 7 nitrogen and oxygen atoms in total. The quantitative estimate of drug-likeness (QED) is 0.801. The molecule has 102 valence electrons. The van der Waals surface area contributed by atoms with Crippen molar-refractivity contribution in [3.05, 3.63) is 17.5 Å². The van der Waals surface area contributed by atoms with E-state index in [0.717, 1.165) is 0 Å². The Morgan fingerprint density at radius 2 is 2.37 bits per heavy atom. The van der Waals surface area contributed by atoms with Crippen LogP contribution in [0.15, 0.2) is 11.6 Å². The summed E-state index contributed by atoms with van der Waals surface area (Å²) in [5.74, 6) is 1.18. The Kier molecular flexibility index (Phi) is 3.29. The van der Waals surface area contributed by atoms with Gasteiger partial charge in [0.15, 0.2) is 0 Å². The number of nitrogens with zero attached hydrogens (tertiary/aromatic N) is 4. The number of rotatable bonds is 3. The molecule has 0 bridgehead atoms. The van der Waals surface area contributed by atoms with E-state index in [2.05, 4.69) is 20.6 Å². The van der Waals surface area contributed by atoms with E-state index >= 15 is 0 Å². The first-order valence-corrected chi connectivity index (χ1v) is 6.56. The number of H-pyrrole nitrogens is 1. The first-order chi connectivity index (χ1) is 9.24. The highest BCUT2D eigenvalue weighted by atomic mass is 16.5. The van der Waals surface area contributed by atoms with E-state index in [1.807, 2.05) is 6.92 Å². The van der Waals surface area contributed by atoms with E-state index in [4.69, 9.17) is 4.74 Å². The van der Waals surface area contributed by atoms with Crippen LogP contribution in [-0.4, -0.2) is 51.1 Å². The third kappa shape index (κ3) is 2.81. The lowest BCUT2D eigenvalue weighted by molar-refractivity contribution is -0.134. The number of allylic oxidation sites excluding steroid dienone is 1. The highest BCUT2D eigenvalue weighted by molar-refractivity contribution is 5.88. The zero-order chi connectivity index (χ0) is 13.2. The van der Waals surface area contributed by atoms with Crippen LogP contribution in [0, 0.1) is 5.92 Å². The molecule has 0 radical (unpaired) electrons. The molecule has 1 aromatic heterocycles. The highest BCUT2D eigenvalue weighted by Gasteiger charge is 2.28. The maximum absolute atomic E-state index is 12.2. The van der Waals surface area contributed by atoms with E-state index in [1.165, 1.54) is 18.4 Å². The van der Waals surface area contributed by atoms with Gasteiger partial charge in [0.25, 0.3) is 0 Å². The summed E-state index contributed by atoms with van der Waals surface area (Å²) in [5, 5.41) is 13.7. The number of nitrogens with one attached hydrogen (secondary N) is 1. The van der Waals surface area contributed by atoms with Gasteiger partial charge in [0, 0.05) is 12.6 Å². The van der Waals surface area contributed by atoms with Crippen LogP contribution in [0.4, 0.5) is 0 Å². The largest absolute Gasteiger partial charge is 0.366 e. The highest BCUT2D eigenvalue weighted by Crippen LogP contribution is 2.36. The Bertz CT molecular complexity index is 480. The number of hydrogen-bond donors (Lipinski definition) is 1. The third-order valence-electron chi connectivity index (χ3n) is 3.60. The number of ether oxygens (including phenoxy) is 1. The van der Waals surface area contributed by atoms with Crippen molar-refractivity contribution in [3.8, 4) is 0 Å². The van der Waals surface area contributed by atoms with Gasteiger partial charge in [-0.15, -0.1) is 10.2 Å². The molecule has 0 spiro atoms. The zero-order valence-corrected chi connectivity index (χ0v) is 10.9. The van der Waals surface area contributed by atoms with E-state index in [9.17, 15) is 4.79 Å². The normalized spacial score (nSPS) is 24.6. The summed E-state index contributed by atoms with van der Waals surface area (Å²) in [6, 6.07) is 0. The Balaban J connectivity index is 1.64. The maximum atomic E-state index is 12.2. The summed E-state index contributed by atoms with van der Waals surface area (Å²) in [7, 11) is 0. The average molecular weight is 263 g/mol. The van der Waals surface area contributed by atoms with Gasteiger partial charge in [-0.3, -0.25) is 4.79 Å². The molecule has 1 aliphatic heterocycles. The molecular formula is C12H17N5O2. The van der Waals surface area contributed by atoms with Crippen molar-refractivity contribution >= 4 is 5.91 Å². The van der Waals surface area contributed by atoms with Crippen LogP contribution in [0.5, 0.6) is 0 Å². The maximum Gasteiger partial charge on any atom is 0.246 e. The molecule has 2 heterocycles. The minimum Gasteiger partial charge on any atom is -0.366 e. The molecule has 3 rings (SSSR count). The fourth-order valence-corrected chi connectivity index (χ4v) is 2.25. The average Bonchev–Trinajstić information content (AvgIpc) is 3.14. The predicted molar refractivity (Wildman–Crippen MR) is 65.9 cm³/mol. The standard InChI is InChI=1S/C12H17N5O2/c1-8(9-2-3-9)6-11(18)17-4-5-19-10(7-17)12-13-15-16-14-12/h6,9-10H,2-5,7H2,1H3,(H,13,14,15,16)/b8-6+. The van der Waals surface area contributed by atoms with Crippen molar-refractivity contribution in [1.82, 2.24) is 25.5 Å². The van der Waals surface area contributed by atoms with Crippen LogP contribution < -0.4 is 0 Å². The fourth-order valence-electron chi connectivity index (χ4n) is 2.25. The molecule has 1 unspecified atom stereocenters. The van der Waals surface area contributed by atoms with Gasteiger partial charge in [-0.05, 0) is 25.7 Å². The molecule has 1 aromatic rings. The molecular weight excluding hydrogens is 246 g/mol. The number of aromatic amines is 1. The second kappa shape index (κ2) is 5.08. The van der Waals surface area contributed by atoms with Gasteiger partial charge >= 0.3 is 0 Å². The summed E-state index contributed by atoms with van der Waals surface area (Å²) >= 11 is 0. The molecule has 2 fully saturated rings. The minimum atomic E-state index is -0.286. The first-order valence-electron chi connectivity index (χ1n) is 6.56. The number of hydrogen-bond acceptors (Lipinski definition) is 5. The Hall–Kier alpha value is -1.76. The molecule has 1 atom stereocenters. The summed E-state index contributed by atoms with van der Waals surface area (Å²) in [6.45, 7) is 3.63. The van der Waals surface area contributed by atoms with Crippen molar-refractivity contribution in [3.63, 3.8) is 0 Å². The molecule has 2 aliphatic rings.